The van der Waals surface area contributed by atoms with Crippen LogP contribution in [0.2, 0.25) is 5.15 Å². The van der Waals surface area contributed by atoms with E-state index in [9.17, 15) is 8.42 Å². The summed E-state index contributed by atoms with van der Waals surface area (Å²) in [4.78, 5) is 3.90. The topological polar surface area (TPSA) is 59.1 Å². The van der Waals surface area contributed by atoms with Gasteiger partial charge in [-0.2, -0.15) is 0 Å². The summed E-state index contributed by atoms with van der Waals surface area (Å²) in [6.45, 7) is 1.93. The second kappa shape index (κ2) is 6.35. The number of benzene rings is 1. The van der Waals surface area contributed by atoms with Gasteiger partial charge in [-0.1, -0.05) is 48.9 Å². The Kier molecular flexibility index (Phi) is 4.75. The first-order chi connectivity index (χ1) is 9.53. The van der Waals surface area contributed by atoms with Crippen molar-refractivity contribution < 1.29 is 8.42 Å². The van der Waals surface area contributed by atoms with Crippen LogP contribution >= 0.6 is 11.6 Å². The van der Waals surface area contributed by atoms with Crippen LogP contribution in [0, 0.1) is 0 Å². The van der Waals surface area contributed by atoms with E-state index in [0.717, 1.165) is 5.56 Å². The van der Waals surface area contributed by atoms with Gasteiger partial charge < -0.3 is 0 Å². The maximum atomic E-state index is 12.3. The van der Waals surface area contributed by atoms with Gasteiger partial charge >= 0.3 is 0 Å². The highest BCUT2D eigenvalue weighted by Gasteiger charge is 2.20. The molecule has 0 bridgehead atoms. The Morgan fingerprint density at radius 1 is 1.25 bits per heavy atom. The van der Waals surface area contributed by atoms with E-state index in [-0.39, 0.29) is 16.1 Å². The summed E-state index contributed by atoms with van der Waals surface area (Å²) in [6, 6.07) is 12.0. The van der Waals surface area contributed by atoms with E-state index in [0.29, 0.717) is 6.42 Å². The fraction of sp³-hybridized carbons (Fsp3) is 0.214. The monoisotopic (exact) mass is 310 g/mol. The fourth-order valence-electron chi connectivity index (χ4n) is 1.88. The summed E-state index contributed by atoms with van der Waals surface area (Å²) in [5, 5.41) is 0.153. The molecule has 0 aliphatic carbocycles. The number of sulfonamides is 1. The van der Waals surface area contributed by atoms with E-state index in [1.165, 1.54) is 18.3 Å². The van der Waals surface area contributed by atoms with Crippen molar-refractivity contribution in [1.29, 1.82) is 0 Å². The molecule has 1 unspecified atom stereocenters. The van der Waals surface area contributed by atoms with Gasteiger partial charge in [-0.25, -0.2) is 18.1 Å². The predicted octanol–water partition coefficient (Wildman–Crippen LogP) is 3.16. The Morgan fingerprint density at radius 2 is 1.95 bits per heavy atom. The third-order valence-corrected chi connectivity index (χ3v) is 4.59. The van der Waals surface area contributed by atoms with Crippen molar-refractivity contribution in [2.75, 3.05) is 0 Å². The summed E-state index contributed by atoms with van der Waals surface area (Å²) in [5.74, 6) is 0. The molecule has 106 valence electrons. The lowest BCUT2D eigenvalue weighted by molar-refractivity contribution is 0.550. The standard InChI is InChI=1S/C14H15ClN2O2S/c1-2-13(11-6-4-3-5-7-11)17-20(18,19)12-8-9-16-14(15)10-12/h3-10,13,17H,2H2,1H3. The number of aromatic nitrogens is 1. The first kappa shape index (κ1) is 15.0. The van der Waals surface area contributed by atoms with Crippen LogP contribution in [-0.2, 0) is 10.0 Å². The highest BCUT2D eigenvalue weighted by Crippen LogP contribution is 2.20. The molecule has 20 heavy (non-hydrogen) atoms. The average Bonchev–Trinajstić information content (AvgIpc) is 2.46. The van der Waals surface area contributed by atoms with E-state index in [4.69, 9.17) is 11.6 Å². The van der Waals surface area contributed by atoms with Gasteiger partial charge in [0.15, 0.2) is 0 Å². The van der Waals surface area contributed by atoms with Crippen LogP contribution in [0.15, 0.2) is 53.6 Å². The maximum absolute atomic E-state index is 12.3. The molecule has 0 radical (unpaired) electrons. The summed E-state index contributed by atoms with van der Waals surface area (Å²) < 4.78 is 27.3. The molecule has 1 heterocycles. The zero-order valence-corrected chi connectivity index (χ0v) is 12.5. The Hall–Kier alpha value is -1.43. The smallest absolute Gasteiger partial charge is 0.241 e. The number of halogens is 1. The van der Waals surface area contributed by atoms with Gasteiger partial charge in [0.1, 0.15) is 5.15 Å². The number of pyridine rings is 1. The van der Waals surface area contributed by atoms with Crippen molar-refractivity contribution in [1.82, 2.24) is 9.71 Å². The van der Waals surface area contributed by atoms with Crippen molar-refractivity contribution in [3.63, 3.8) is 0 Å². The summed E-state index contributed by atoms with van der Waals surface area (Å²) in [7, 11) is -3.62. The molecule has 1 atom stereocenters. The van der Waals surface area contributed by atoms with Crippen molar-refractivity contribution in [3.8, 4) is 0 Å². The third-order valence-electron chi connectivity index (χ3n) is 2.92. The number of rotatable bonds is 5. The number of nitrogens with zero attached hydrogens (tertiary/aromatic N) is 1. The van der Waals surface area contributed by atoms with Gasteiger partial charge in [-0.05, 0) is 24.1 Å². The molecule has 0 fully saturated rings. The highest BCUT2D eigenvalue weighted by atomic mass is 35.5. The van der Waals surface area contributed by atoms with E-state index in [1.807, 2.05) is 37.3 Å². The Morgan fingerprint density at radius 3 is 2.55 bits per heavy atom. The number of hydrogen-bond acceptors (Lipinski definition) is 3. The lowest BCUT2D eigenvalue weighted by Crippen LogP contribution is -2.28. The zero-order valence-electron chi connectivity index (χ0n) is 11.0. The van der Waals surface area contributed by atoms with Crippen molar-refractivity contribution >= 4 is 21.6 Å². The molecule has 0 amide bonds. The fourth-order valence-corrected chi connectivity index (χ4v) is 3.44. The van der Waals surface area contributed by atoms with Gasteiger partial charge in [-0.15, -0.1) is 0 Å². The largest absolute Gasteiger partial charge is 0.244 e. The first-order valence-corrected chi connectivity index (χ1v) is 8.08. The normalized spacial score (nSPS) is 13.1. The van der Waals surface area contributed by atoms with Crippen LogP contribution in [-0.4, -0.2) is 13.4 Å². The minimum atomic E-state index is -3.62. The molecular weight excluding hydrogens is 296 g/mol. The second-order valence-electron chi connectivity index (χ2n) is 4.31. The minimum absolute atomic E-state index is 0.117. The number of nitrogens with one attached hydrogen (secondary N) is 1. The lowest BCUT2D eigenvalue weighted by atomic mass is 10.1. The van der Waals surface area contributed by atoms with Gasteiger partial charge in [0.2, 0.25) is 10.0 Å². The van der Waals surface area contributed by atoms with E-state index in [2.05, 4.69) is 9.71 Å². The molecule has 2 rings (SSSR count). The lowest BCUT2D eigenvalue weighted by Gasteiger charge is -2.17. The first-order valence-electron chi connectivity index (χ1n) is 6.22. The van der Waals surface area contributed by atoms with Gasteiger partial charge in [0.05, 0.1) is 4.90 Å². The van der Waals surface area contributed by atoms with Gasteiger partial charge in [0, 0.05) is 12.2 Å². The average molecular weight is 311 g/mol. The molecule has 0 spiro atoms. The molecule has 0 aliphatic rings. The SMILES string of the molecule is CCC(NS(=O)(=O)c1ccnc(Cl)c1)c1ccccc1. The molecule has 0 aliphatic heterocycles. The molecule has 6 heteroatoms. The minimum Gasteiger partial charge on any atom is -0.244 e. The van der Waals surface area contributed by atoms with Crippen LogP contribution in [0.1, 0.15) is 24.9 Å². The van der Waals surface area contributed by atoms with Gasteiger partial charge in [0.25, 0.3) is 0 Å². The van der Waals surface area contributed by atoms with Gasteiger partial charge in [-0.3, -0.25) is 0 Å². The van der Waals surface area contributed by atoms with E-state index < -0.39 is 10.0 Å². The summed E-state index contributed by atoms with van der Waals surface area (Å²) >= 11 is 5.73. The van der Waals surface area contributed by atoms with Crippen LogP contribution < -0.4 is 4.72 Å². The maximum Gasteiger partial charge on any atom is 0.241 e. The number of hydrogen-bond donors (Lipinski definition) is 1. The van der Waals surface area contributed by atoms with Crippen LogP contribution in [0.3, 0.4) is 0 Å². The molecule has 0 saturated carbocycles. The summed E-state index contributed by atoms with van der Waals surface area (Å²) in [5.41, 5.74) is 0.929. The quantitative estimate of drug-likeness (QED) is 0.863. The molecule has 1 N–H and O–H groups in total. The molecule has 1 aromatic heterocycles. The highest BCUT2D eigenvalue weighted by molar-refractivity contribution is 7.89. The second-order valence-corrected chi connectivity index (χ2v) is 6.41. The van der Waals surface area contributed by atoms with Crippen molar-refractivity contribution in [3.05, 3.63) is 59.4 Å². The molecule has 1 aromatic carbocycles. The van der Waals surface area contributed by atoms with Crippen molar-refractivity contribution in [2.45, 2.75) is 24.3 Å². The molecule has 4 nitrogen and oxygen atoms in total. The van der Waals surface area contributed by atoms with E-state index in [1.54, 1.807) is 0 Å². The van der Waals surface area contributed by atoms with Crippen LogP contribution in [0.4, 0.5) is 0 Å². The molecule has 2 aromatic rings. The Labute approximate surface area is 123 Å². The third kappa shape index (κ3) is 3.56. The van der Waals surface area contributed by atoms with Crippen molar-refractivity contribution in [2.24, 2.45) is 0 Å². The van der Waals surface area contributed by atoms with E-state index >= 15 is 0 Å². The molecule has 0 saturated heterocycles. The molecular formula is C14H15ClN2O2S. The predicted molar refractivity (Wildman–Crippen MR) is 79.0 cm³/mol. The van der Waals surface area contributed by atoms with Crippen LogP contribution in [0.25, 0.3) is 0 Å². The Bertz CT molecular complexity index is 675. The summed E-state index contributed by atoms with van der Waals surface area (Å²) in [6.07, 6.45) is 2.03. The zero-order chi connectivity index (χ0) is 14.6. The Balaban J connectivity index is 2.27. The van der Waals surface area contributed by atoms with Crippen LogP contribution in [0.5, 0.6) is 0 Å².